The SMILES string of the molecule is CC(=O)NCCC(=O)NN(CC=O)C(=O)C=Cc1ccccc1. The lowest BCUT2D eigenvalue weighted by atomic mass is 10.2. The third kappa shape index (κ3) is 7.56. The van der Waals surface area contributed by atoms with Crippen molar-refractivity contribution in [3.05, 3.63) is 42.0 Å². The molecule has 0 aliphatic carbocycles. The molecule has 0 aliphatic heterocycles. The van der Waals surface area contributed by atoms with Gasteiger partial charge in [-0.15, -0.1) is 0 Å². The fraction of sp³-hybridized carbons (Fsp3) is 0.250. The lowest BCUT2D eigenvalue weighted by molar-refractivity contribution is -0.139. The monoisotopic (exact) mass is 317 g/mol. The number of aldehydes is 1. The molecule has 1 rings (SSSR count). The molecule has 0 saturated heterocycles. The molecule has 2 N–H and O–H groups in total. The Morgan fingerprint density at radius 3 is 2.48 bits per heavy atom. The van der Waals surface area contributed by atoms with Crippen LogP contribution in [-0.2, 0) is 19.2 Å². The molecule has 0 atom stereocenters. The number of nitrogens with one attached hydrogen (secondary N) is 2. The maximum absolute atomic E-state index is 12.0. The normalized spacial score (nSPS) is 10.1. The summed E-state index contributed by atoms with van der Waals surface area (Å²) in [7, 11) is 0. The van der Waals surface area contributed by atoms with Crippen LogP contribution in [0.3, 0.4) is 0 Å². The van der Waals surface area contributed by atoms with Crippen molar-refractivity contribution in [1.29, 1.82) is 0 Å². The van der Waals surface area contributed by atoms with Gasteiger partial charge in [0.05, 0.1) is 6.54 Å². The summed E-state index contributed by atoms with van der Waals surface area (Å²) in [5.41, 5.74) is 3.16. The fourth-order valence-corrected chi connectivity index (χ4v) is 1.65. The molecule has 3 amide bonds. The van der Waals surface area contributed by atoms with Crippen molar-refractivity contribution in [2.24, 2.45) is 0 Å². The van der Waals surface area contributed by atoms with Gasteiger partial charge < -0.3 is 10.1 Å². The highest BCUT2D eigenvalue weighted by Crippen LogP contribution is 2.01. The zero-order chi connectivity index (χ0) is 17.1. The Labute approximate surface area is 134 Å². The van der Waals surface area contributed by atoms with E-state index in [4.69, 9.17) is 0 Å². The molecule has 0 fully saturated rings. The summed E-state index contributed by atoms with van der Waals surface area (Å²) in [5.74, 6) is -1.24. The average molecular weight is 317 g/mol. The number of benzene rings is 1. The zero-order valence-corrected chi connectivity index (χ0v) is 12.8. The van der Waals surface area contributed by atoms with Crippen molar-refractivity contribution in [1.82, 2.24) is 15.8 Å². The Kier molecular flexibility index (Phi) is 7.77. The van der Waals surface area contributed by atoms with Crippen LogP contribution < -0.4 is 10.7 Å². The molecule has 7 heteroatoms. The number of hydrazine groups is 1. The number of carbonyl (C=O) groups excluding carboxylic acids is 4. The van der Waals surface area contributed by atoms with Crippen LogP contribution in [0.5, 0.6) is 0 Å². The topological polar surface area (TPSA) is 95.6 Å². The maximum atomic E-state index is 12.0. The van der Waals surface area contributed by atoms with Crippen LogP contribution in [0.15, 0.2) is 36.4 Å². The van der Waals surface area contributed by atoms with Crippen molar-refractivity contribution < 1.29 is 19.2 Å². The van der Waals surface area contributed by atoms with Gasteiger partial charge in [-0.2, -0.15) is 0 Å². The van der Waals surface area contributed by atoms with Crippen LogP contribution >= 0.6 is 0 Å². The summed E-state index contributed by atoms with van der Waals surface area (Å²) in [5, 5.41) is 3.39. The van der Waals surface area contributed by atoms with Gasteiger partial charge in [0.15, 0.2) is 0 Å². The van der Waals surface area contributed by atoms with E-state index in [1.807, 2.05) is 30.3 Å². The molecule has 0 radical (unpaired) electrons. The van der Waals surface area contributed by atoms with Crippen LogP contribution in [0.1, 0.15) is 18.9 Å². The second kappa shape index (κ2) is 9.88. The van der Waals surface area contributed by atoms with Crippen molar-refractivity contribution in [3.63, 3.8) is 0 Å². The van der Waals surface area contributed by atoms with Gasteiger partial charge in [-0.3, -0.25) is 19.8 Å². The van der Waals surface area contributed by atoms with Crippen LogP contribution in [0.4, 0.5) is 0 Å². The smallest absolute Gasteiger partial charge is 0.265 e. The van der Waals surface area contributed by atoms with Gasteiger partial charge in [0.1, 0.15) is 6.29 Å². The highest BCUT2D eigenvalue weighted by molar-refractivity contribution is 5.94. The van der Waals surface area contributed by atoms with E-state index in [2.05, 4.69) is 10.7 Å². The summed E-state index contributed by atoms with van der Waals surface area (Å²) in [6.07, 6.45) is 3.38. The number of rotatable bonds is 7. The molecule has 0 spiro atoms. The zero-order valence-electron chi connectivity index (χ0n) is 12.8. The molecule has 122 valence electrons. The molecule has 0 aromatic heterocycles. The van der Waals surface area contributed by atoms with Crippen molar-refractivity contribution in [2.45, 2.75) is 13.3 Å². The van der Waals surface area contributed by atoms with Crippen LogP contribution in [0, 0.1) is 0 Å². The van der Waals surface area contributed by atoms with E-state index in [0.717, 1.165) is 10.6 Å². The molecule has 0 heterocycles. The van der Waals surface area contributed by atoms with Gasteiger partial charge in [-0.05, 0) is 11.6 Å². The number of nitrogens with zero attached hydrogens (tertiary/aromatic N) is 1. The predicted octanol–water partition coefficient (Wildman–Crippen LogP) is 0.285. The van der Waals surface area contributed by atoms with E-state index >= 15 is 0 Å². The van der Waals surface area contributed by atoms with Crippen LogP contribution in [0.25, 0.3) is 6.08 Å². The predicted molar refractivity (Wildman–Crippen MR) is 84.7 cm³/mol. The Morgan fingerprint density at radius 1 is 1.17 bits per heavy atom. The summed E-state index contributed by atoms with van der Waals surface area (Å²) in [6.45, 7) is 1.24. The summed E-state index contributed by atoms with van der Waals surface area (Å²) in [4.78, 5) is 45.1. The van der Waals surface area contributed by atoms with E-state index in [9.17, 15) is 19.2 Å². The highest BCUT2D eigenvalue weighted by Gasteiger charge is 2.13. The third-order valence-corrected chi connectivity index (χ3v) is 2.73. The van der Waals surface area contributed by atoms with E-state index in [-0.39, 0.29) is 25.4 Å². The Morgan fingerprint density at radius 2 is 1.87 bits per heavy atom. The summed E-state index contributed by atoms with van der Waals surface area (Å²) < 4.78 is 0. The Bertz CT molecular complexity index is 584. The molecule has 1 aromatic carbocycles. The van der Waals surface area contributed by atoms with E-state index in [1.165, 1.54) is 13.0 Å². The second-order valence-corrected chi connectivity index (χ2v) is 4.63. The molecule has 0 unspecified atom stereocenters. The largest absolute Gasteiger partial charge is 0.356 e. The minimum absolute atomic E-state index is 0.00458. The summed E-state index contributed by atoms with van der Waals surface area (Å²) >= 11 is 0. The maximum Gasteiger partial charge on any atom is 0.265 e. The molecular formula is C16H19N3O4. The van der Waals surface area contributed by atoms with E-state index < -0.39 is 11.8 Å². The Hall–Kier alpha value is -2.96. The molecule has 0 bridgehead atoms. The quantitative estimate of drug-likeness (QED) is 0.429. The molecule has 7 nitrogen and oxygen atoms in total. The van der Waals surface area contributed by atoms with Gasteiger partial charge in [0.25, 0.3) is 5.91 Å². The van der Waals surface area contributed by atoms with Crippen molar-refractivity contribution >= 4 is 30.1 Å². The first-order valence-electron chi connectivity index (χ1n) is 7.05. The van der Waals surface area contributed by atoms with Crippen molar-refractivity contribution in [3.8, 4) is 0 Å². The Balaban J connectivity index is 2.57. The number of amides is 3. The second-order valence-electron chi connectivity index (χ2n) is 4.63. The van der Waals surface area contributed by atoms with E-state index in [1.54, 1.807) is 6.08 Å². The number of hydrogen-bond acceptors (Lipinski definition) is 4. The number of hydrogen-bond donors (Lipinski definition) is 2. The molecule has 1 aromatic rings. The van der Waals surface area contributed by atoms with Crippen LogP contribution in [0.2, 0.25) is 0 Å². The number of carbonyl (C=O) groups is 4. The van der Waals surface area contributed by atoms with Gasteiger partial charge in [-0.1, -0.05) is 30.3 Å². The fourth-order valence-electron chi connectivity index (χ4n) is 1.65. The standard InChI is InChI=1S/C16H19N3O4/c1-13(21)17-10-9-15(22)18-19(11-12-20)16(23)8-7-14-5-3-2-4-6-14/h2-8,12H,9-11H2,1H3,(H,17,21)(H,18,22). The minimum atomic E-state index is -0.520. The van der Waals surface area contributed by atoms with E-state index in [0.29, 0.717) is 6.29 Å². The average Bonchev–Trinajstić information content (AvgIpc) is 2.53. The molecular weight excluding hydrogens is 298 g/mol. The van der Waals surface area contributed by atoms with Gasteiger partial charge in [0.2, 0.25) is 11.8 Å². The van der Waals surface area contributed by atoms with Gasteiger partial charge in [0, 0.05) is 26.0 Å². The first kappa shape index (κ1) is 18.1. The highest BCUT2D eigenvalue weighted by atomic mass is 16.2. The molecule has 0 saturated carbocycles. The van der Waals surface area contributed by atoms with Gasteiger partial charge in [-0.25, -0.2) is 5.01 Å². The van der Waals surface area contributed by atoms with Crippen LogP contribution in [-0.4, -0.2) is 42.1 Å². The lowest BCUT2D eigenvalue weighted by Gasteiger charge is -2.19. The minimum Gasteiger partial charge on any atom is -0.356 e. The third-order valence-electron chi connectivity index (χ3n) is 2.73. The molecule has 0 aliphatic rings. The first-order chi connectivity index (χ1) is 11.0. The van der Waals surface area contributed by atoms with Crippen molar-refractivity contribution in [2.75, 3.05) is 13.1 Å². The lowest BCUT2D eigenvalue weighted by Crippen LogP contribution is -2.47. The summed E-state index contributed by atoms with van der Waals surface area (Å²) in [6, 6.07) is 9.15. The van der Waals surface area contributed by atoms with Gasteiger partial charge >= 0.3 is 0 Å². The first-order valence-corrected chi connectivity index (χ1v) is 7.05. The molecule has 23 heavy (non-hydrogen) atoms.